The summed E-state index contributed by atoms with van der Waals surface area (Å²) in [5.41, 5.74) is 0. The summed E-state index contributed by atoms with van der Waals surface area (Å²) in [4.78, 5) is 0. The van der Waals surface area contributed by atoms with Gasteiger partial charge in [0, 0.05) is 0 Å². The molecule has 0 bridgehead atoms. The molecule has 0 nitrogen and oxygen atoms in total. The molecule has 0 heterocycles. The van der Waals surface area contributed by atoms with Crippen LogP contribution in [-0.2, 0) is 0 Å². The first kappa shape index (κ1) is 12.5. The molecular formula is C9H16S3. The number of rotatable bonds is 6. The lowest BCUT2D eigenvalue weighted by molar-refractivity contribution is 1.06. The van der Waals surface area contributed by atoms with Crippen LogP contribution < -0.4 is 0 Å². The van der Waals surface area contributed by atoms with Crippen LogP contribution in [0.25, 0.3) is 0 Å². The third-order valence-corrected chi connectivity index (χ3v) is 5.51. The summed E-state index contributed by atoms with van der Waals surface area (Å²) in [5.74, 6) is 0. The Morgan fingerprint density at radius 2 is 1.83 bits per heavy atom. The van der Waals surface area contributed by atoms with Crippen molar-refractivity contribution < 1.29 is 0 Å². The Kier molecular flexibility index (Phi) is 10.0. The molecule has 70 valence electrons. The van der Waals surface area contributed by atoms with Crippen molar-refractivity contribution in [3.05, 3.63) is 23.0 Å². The topological polar surface area (TPSA) is 0 Å². The average Bonchev–Trinajstić information content (AvgIpc) is 2.11. The molecule has 0 aromatic heterocycles. The Hall–Kier alpha value is 0.530. The third kappa shape index (κ3) is 7.19. The van der Waals surface area contributed by atoms with E-state index in [0.29, 0.717) is 4.58 Å². The Morgan fingerprint density at radius 1 is 1.17 bits per heavy atom. The van der Waals surface area contributed by atoms with Crippen LogP contribution in [0.5, 0.6) is 0 Å². The van der Waals surface area contributed by atoms with E-state index in [-0.39, 0.29) is 0 Å². The minimum Gasteiger partial charge on any atom is -0.119 e. The quantitative estimate of drug-likeness (QED) is 0.461. The second-order valence-corrected chi connectivity index (χ2v) is 5.90. The highest BCUT2D eigenvalue weighted by Gasteiger charge is 2.03. The lowest BCUT2D eigenvalue weighted by Crippen LogP contribution is -1.87. The first-order valence-corrected chi connectivity index (χ1v) is 7.27. The Morgan fingerprint density at radius 3 is 2.33 bits per heavy atom. The maximum absolute atomic E-state index is 2.23. The molecule has 12 heavy (non-hydrogen) atoms. The van der Waals surface area contributed by atoms with Gasteiger partial charge in [-0.1, -0.05) is 40.7 Å². The van der Waals surface area contributed by atoms with Crippen molar-refractivity contribution in [3.8, 4) is 0 Å². The largest absolute Gasteiger partial charge is 0.119 e. The lowest BCUT2D eigenvalue weighted by atomic mass is 10.6. The highest BCUT2D eigenvalue weighted by Crippen LogP contribution is 2.36. The Bertz CT molecular complexity index is 141. The fourth-order valence-corrected chi connectivity index (χ4v) is 3.96. The van der Waals surface area contributed by atoms with Gasteiger partial charge >= 0.3 is 0 Å². The van der Waals surface area contributed by atoms with Gasteiger partial charge in [0.1, 0.15) is 0 Å². The first-order chi connectivity index (χ1) is 5.85. The third-order valence-electron chi connectivity index (χ3n) is 1.05. The highest BCUT2D eigenvalue weighted by atomic mass is 33.1. The van der Waals surface area contributed by atoms with Crippen LogP contribution in [-0.4, -0.2) is 4.58 Å². The molecule has 0 aliphatic rings. The maximum atomic E-state index is 2.23. The van der Waals surface area contributed by atoms with E-state index < -0.39 is 0 Å². The zero-order valence-corrected chi connectivity index (χ0v) is 10.3. The van der Waals surface area contributed by atoms with Crippen molar-refractivity contribution in [2.75, 3.05) is 0 Å². The van der Waals surface area contributed by atoms with Gasteiger partial charge in [-0.25, -0.2) is 0 Å². The van der Waals surface area contributed by atoms with Crippen molar-refractivity contribution in [1.29, 1.82) is 0 Å². The van der Waals surface area contributed by atoms with E-state index in [1.54, 1.807) is 0 Å². The monoisotopic (exact) mass is 220 g/mol. The summed E-state index contributed by atoms with van der Waals surface area (Å²) in [6.07, 6.45) is 5.38. The van der Waals surface area contributed by atoms with Crippen LogP contribution in [0.1, 0.15) is 27.2 Å². The van der Waals surface area contributed by atoms with E-state index in [1.807, 2.05) is 40.3 Å². The van der Waals surface area contributed by atoms with Crippen LogP contribution in [0, 0.1) is 0 Å². The molecule has 3 heteroatoms. The molecular weight excluding hydrogens is 204 g/mol. The Labute approximate surface area is 88.0 Å². The molecule has 0 rings (SSSR count). The van der Waals surface area contributed by atoms with E-state index >= 15 is 0 Å². The molecule has 0 aromatic rings. The molecule has 0 radical (unpaired) electrons. The highest BCUT2D eigenvalue weighted by molar-refractivity contribution is 8.79. The number of allylic oxidation sites excluding steroid dienone is 2. The van der Waals surface area contributed by atoms with E-state index in [4.69, 9.17) is 0 Å². The molecule has 0 N–H and O–H groups in total. The molecule has 0 aliphatic heterocycles. The summed E-state index contributed by atoms with van der Waals surface area (Å²) in [7, 11) is 3.75. The average molecular weight is 220 g/mol. The molecule has 0 saturated heterocycles. The summed E-state index contributed by atoms with van der Waals surface area (Å²) in [6, 6.07) is 0. The first-order valence-electron chi connectivity index (χ1n) is 4.05. The van der Waals surface area contributed by atoms with Gasteiger partial charge < -0.3 is 0 Å². The maximum Gasteiger partial charge on any atom is 0.0647 e. The van der Waals surface area contributed by atoms with Crippen LogP contribution in [0.3, 0.4) is 0 Å². The van der Waals surface area contributed by atoms with Crippen molar-refractivity contribution in [1.82, 2.24) is 0 Å². The van der Waals surface area contributed by atoms with E-state index in [9.17, 15) is 0 Å². The molecule has 1 atom stereocenters. The minimum absolute atomic E-state index is 0.683. The Balaban J connectivity index is 3.52. The minimum atomic E-state index is 0.683. The van der Waals surface area contributed by atoms with Gasteiger partial charge in [-0.05, 0) is 31.1 Å². The lowest BCUT2D eigenvalue weighted by Gasteiger charge is -2.08. The summed E-state index contributed by atoms with van der Waals surface area (Å²) < 4.78 is 0.683. The van der Waals surface area contributed by atoms with Gasteiger partial charge in [0.2, 0.25) is 0 Å². The van der Waals surface area contributed by atoms with Gasteiger partial charge in [0.05, 0.1) is 4.58 Å². The van der Waals surface area contributed by atoms with E-state index in [1.165, 1.54) is 6.42 Å². The molecule has 0 amide bonds. The molecule has 0 saturated carbocycles. The molecule has 0 aromatic carbocycles. The van der Waals surface area contributed by atoms with Gasteiger partial charge in [0.15, 0.2) is 0 Å². The van der Waals surface area contributed by atoms with Gasteiger partial charge in [-0.15, -0.1) is 11.8 Å². The molecule has 1 unspecified atom stereocenters. The van der Waals surface area contributed by atoms with E-state index in [2.05, 4.69) is 36.8 Å². The SMILES string of the molecule is C/C=C/SSC(CC)S/C=C/C. The fourth-order valence-electron chi connectivity index (χ4n) is 0.503. The van der Waals surface area contributed by atoms with Crippen molar-refractivity contribution in [3.63, 3.8) is 0 Å². The second kappa shape index (κ2) is 9.62. The van der Waals surface area contributed by atoms with Crippen molar-refractivity contribution in [2.24, 2.45) is 0 Å². The van der Waals surface area contributed by atoms with Gasteiger partial charge in [0.25, 0.3) is 0 Å². The van der Waals surface area contributed by atoms with Crippen LogP contribution in [0.4, 0.5) is 0 Å². The summed E-state index contributed by atoms with van der Waals surface area (Å²) in [5, 5.41) is 4.29. The fraction of sp³-hybridized carbons (Fsp3) is 0.556. The number of hydrogen-bond acceptors (Lipinski definition) is 3. The van der Waals surface area contributed by atoms with Gasteiger partial charge in [-0.2, -0.15) is 0 Å². The standard InChI is InChI=1S/C9H16S3/c1-4-7-10-9(6-3)12-11-8-5-2/h4-5,7-9H,6H2,1-3H3/b7-4+,8-5+. The van der Waals surface area contributed by atoms with Crippen LogP contribution >= 0.6 is 33.3 Å². The number of thioether (sulfide) groups is 1. The zero-order valence-electron chi connectivity index (χ0n) is 7.82. The molecule has 0 aliphatic carbocycles. The van der Waals surface area contributed by atoms with Crippen molar-refractivity contribution >= 4 is 33.3 Å². The normalized spacial score (nSPS) is 14.6. The smallest absolute Gasteiger partial charge is 0.0647 e. The van der Waals surface area contributed by atoms with E-state index in [0.717, 1.165) is 0 Å². The summed E-state index contributed by atoms with van der Waals surface area (Å²) >= 11 is 1.90. The van der Waals surface area contributed by atoms with Crippen LogP contribution in [0.15, 0.2) is 23.0 Å². The molecule has 0 spiro atoms. The van der Waals surface area contributed by atoms with Crippen LogP contribution in [0.2, 0.25) is 0 Å². The molecule has 0 fully saturated rings. The number of hydrogen-bond donors (Lipinski definition) is 0. The van der Waals surface area contributed by atoms with Gasteiger partial charge in [-0.3, -0.25) is 0 Å². The predicted molar refractivity (Wildman–Crippen MR) is 66.5 cm³/mol. The van der Waals surface area contributed by atoms with Crippen molar-refractivity contribution in [2.45, 2.75) is 31.8 Å². The predicted octanol–water partition coefficient (Wildman–Crippen LogP) is 4.90. The summed E-state index contributed by atoms with van der Waals surface area (Å²) in [6.45, 7) is 6.33. The second-order valence-electron chi connectivity index (χ2n) is 2.11. The zero-order chi connectivity index (χ0) is 9.23.